The summed E-state index contributed by atoms with van der Waals surface area (Å²) in [5.74, 6) is -2.62. The molecule has 0 unspecified atom stereocenters. The van der Waals surface area contributed by atoms with Crippen molar-refractivity contribution >= 4 is 22.0 Å². The Hall–Kier alpha value is -0.390. The minimum atomic E-state index is -2.62. The van der Waals surface area contributed by atoms with Crippen LogP contribution in [0.4, 0.5) is 13.6 Å². The highest BCUT2D eigenvalue weighted by Gasteiger charge is 2.74. The quantitative estimate of drug-likeness (QED) is 0.691. The zero-order valence-corrected chi connectivity index (χ0v) is 12.4. The number of likely N-dealkylation sites (tertiary alicyclic amines) is 1. The molecule has 2 rings (SSSR count). The fourth-order valence-electron chi connectivity index (χ4n) is 2.53. The van der Waals surface area contributed by atoms with E-state index in [-0.39, 0.29) is 19.0 Å². The van der Waals surface area contributed by atoms with E-state index in [0.717, 1.165) is 0 Å². The zero-order chi connectivity index (χ0) is 13.8. The monoisotopic (exact) mass is 325 g/mol. The van der Waals surface area contributed by atoms with Gasteiger partial charge in [0.25, 0.3) is 5.92 Å². The third kappa shape index (κ3) is 2.36. The SMILES string of the molecule is CC(C)(C)OC(=O)N1C[C@@]2(C[C@H]1CBr)CC2(F)F. The molecule has 2 atom stereocenters. The Bertz CT molecular complexity index is 370. The maximum Gasteiger partial charge on any atom is 0.410 e. The Morgan fingerprint density at radius 1 is 1.50 bits per heavy atom. The largest absolute Gasteiger partial charge is 0.444 e. The van der Waals surface area contributed by atoms with Gasteiger partial charge in [-0.3, -0.25) is 0 Å². The van der Waals surface area contributed by atoms with E-state index in [1.54, 1.807) is 20.8 Å². The first kappa shape index (κ1) is 14.0. The molecule has 2 aliphatic rings. The molecule has 1 spiro atoms. The molecule has 104 valence electrons. The molecule has 1 aliphatic carbocycles. The lowest BCUT2D eigenvalue weighted by molar-refractivity contribution is 0.0211. The fourth-order valence-corrected chi connectivity index (χ4v) is 3.11. The van der Waals surface area contributed by atoms with Crippen LogP contribution in [0.5, 0.6) is 0 Å². The van der Waals surface area contributed by atoms with Gasteiger partial charge in [0, 0.05) is 24.3 Å². The average Bonchev–Trinajstić information content (AvgIpc) is 2.54. The van der Waals surface area contributed by atoms with Gasteiger partial charge in [0.05, 0.1) is 5.41 Å². The third-order valence-electron chi connectivity index (χ3n) is 3.56. The summed E-state index contributed by atoms with van der Waals surface area (Å²) in [6.45, 7) is 5.41. The van der Waals surface area contributed by atoms with Crippen molar-refractivity contribution in [3.63, 3.8) is 0 Å². The molecule has 3 nitrogen and oxygen atoms in total. The summed E-state index contributed by atoms with van der Waals surface area (Å²) in [4.78, 5) is 13.4. The minimum Gasteiger partial charge on any atom is -0.444 e. The van der Waals surface area contributed by atoms with Gasteiger partial charge in [-0.25, -0.2) is 13.6 Å². The van der Waals surface area contributed by atoms with Crippen LogP contribution < -0.4 is 0 Å². The molecule has 6 heteroatoms. The van der Waals surface area contributed by atoms with Crippen LogP contribution in [-0.4, -0.2) is 40.4 Å². The highest BCUT2D eigenvalue weighted by Crippen LogP contribution is 2.66. The van der Waals surface area contributed by atoms with Crippen LogP contribution in [0.15, 0.2) is 0 Å². The number of hydrogen-bond donors (Lipinski definition) is 0. The van der Waals surface area contributed by atoms with Crippen molar-refractivity contribution in [2.75, 3.05) is 11.9 Å². The Kier molecular flexibility index (Phi) is 3.16. The van der Waals surface area contributed by atoms with Gasteiger partial charge in [0.15, 0.2) is 0 Å². The van der Waals surface area contributed by atoms with Crippen LogP contribution in [0.3, 0.4) is 0 Å². The summed E-state index contributed by atoms with van der Waals surface area (Å²) in [6.07, 6.45) is -0.251. The first-order valence-corrected chi connectivity index (χ1v) is 7.16. The number of hydrogen-bond acceptors (Lipinski definition) is 2. The van der Waals surface area contributed by atoms with E-state index < -0.39 is 23.0 Å². The molecule has 0 N–H and O–H groups in total. The lowest BCUT2D eigenvalue weighted by atomic mass is 10.0. The summed E-state index contributed by atoms with van der Waals surface area (Å²) in [7, 11) is 0. The Balaban J connectivity index is 2.07. The maximum atomic E-state index is 13.4. The summed E-state index contributed by atoms with van der Waals surface area (Å²) >= 11 is 3.29. The van der Waals surface area contributed by atoms with Gasteiger partial charge in [0.1, 0.15) is 5.60 Å². The van der Waals surface area contributed by atoms with E-state index in [1.807, 2.05) is 0 Å². The van der Waals surface area contributed by atoms with Crippen molar-refractivity contribution < 1.29 is 18.3 Å². The highest BCUT2D eigenvalue weighted by atomic mass is 79.9. The number of carbonyl (C=O) groups is 1. The molecule has 0 radical (unpaired) electrons. The lowest BCUT2D eigenvalue weighted by Crippen LogP contribution is -2.40. The predicted molar refractivity (Wildman–Crippen MR) is 67.1 cm³/mol. The fraction of sp³-hybridized carbons (Fsp3) is 0.917. The van der Waals surface area contributed by atoms with Gasteiger partial charge in [0.2, 0.25) is 0 Å². The molecule has 18 heavy (non-hydrogen) atoms. The Labute approximate surface area is 114 Å². The van der Waals surface area contributed by atoms with Crippen molar-refractivity contribution in [1.82, 2.24) is 4.90 Å². The number of nitrogens with zero attached hydrogens (tertiary/aromatic N) is 1. The van der Waals surface area contributed by atoms with Crippen LogP contribution in [0, 0.1) is 5.41 Å². The average molecular weight is 326 g/mol. The first-order valence-electron chi connectivity index (χ1n) is 6.04. The van der Waals surface area contributed by atoms with Crippen molar-refractivity contribution in [2.24, 2.45) is 5.41 Å². The Morgan fingerprint density at radius 2 is 2.06 bits per heavy atom. The minimum absolute atomic E-state index is 0.102. The van der Waals surface area contributed by atoms with Crippen molar-refractivity contribution in [3.8, 4) is 0 Å². The third-order valence-corrected chi connectivity index (χ3v) is 4.30. The number of carbonyl (C=O) groups excluding carboxylic acids is 1. The van der Waals surface area contributed by atoms with Gasteiger partial charge in [-0.1, -0.05) is 15.9 Å². The summed E-state index contributed by atoms with van der Waals surface area (Å²) in [5, 5.41) is 0.504. The predicted octanol–water partition coefficient (Wildman–Crippen LogP) is 3.42. The number of amides is 1. The number of halogens is 3. The van der Waals surface area contributed by atoms with Crippen LogP contribution in [-0.2, 0) is 4.74 Å². The first-order chi connectivity index (χ1) is 8.10. The van der Waals surface area contributed by atoms with E-state index in [2.05, 4.69) is 15.9 Å². The van der Waals surface area contributed by atoms with E-state index in [4.69, 9.17) is 4.74 Å². The normalized spacial score (nSPS) is 33.9. The van der Waals surface area contributed by atoms with Crippen LogP contribution >= 0.6 is 15.9 Å². The number of alkyl halides is 3. The van der Waals surface area contributed by atoms with Gasteiger partial charge in [-0.15, -0.1) is 0 Å². The zero-order valence-electron chi connectivity index (χ0n) is 10.8. The van der Waals surface area contributed by atoms with E-state index >= 15 is 0 Å². The lowest BCUT2D eigenvalue weighted by Gasteiger charge is -2.27. The van der Waals surface area contributed by atoms with E-state index in [0.29, 0.717) is 11.8 Å². The van der Waals surface area contributed by atoms with Gasteiger partial charge in [-0.2, -0.15) is 0 Å². The van der Waals surface area contributed by atoms with Gasteiger partial charge >= 0.3 is 6.09 Å². The van der Waals surface area contributed by atoms with Gasteiger partial charge in [-0.05, 0) is 27.2 Å². The van der Waals surface area contributed by atoms with Crippen LogP contribution in [0.25, 0.3) is 0 Å². The standard InChI is InChI=1S/C12H18BrF2NO2/c1-10(2,3)18-9(17)16-7-11(4-8(16)5-13)6-12(11,14)15/h8H,4-7H2,1-3H3/t8-,11+/m0/s1. The van der Waals surface area contributed by atoms with E-state index in [1.165, 1.54) is 4.90 Å². The van der Waals surface area contributed by atoms with Crippen LogP contribution in [0.2, 0.25) is 0 Å². The summed E-state index contributed by atoms with van der Waals surface area (Å²) in [6, 6.07) is -0.201. The highest BCUT2D eigenvalue weighted by molar-refractivity contribution is 9.09. The molecule has 0 aromatic heterocycles. The molecule has 1 amide bonds. The Morgan fingerprint density at radius 3 is 2.44 bits per heavy atom. The molecule has 0 aromatic rings. The molecule has 1 saturated carbocycles. The molecule has 0 aromatic carbocycles. The van der Waals surface area contributed by atoms with E-state index in [9.17, 15) is 13.6 Å². The molecule has 1 saturated heterocycles. The van der Waals surface area contributed by atoms with Crippen LogP contribution in [0.1, 0.15) is 33.6 Å². The smallest absolute Gasteiger partial charge is 0.410 e. The second kappa shape index (κ2) is 4.05. The summed E-state index contributed by atoms with van der Waals surface area (Å²) in [5.41, 5.74) is -1.60. The molecule has 2 fully saturated rings. The molecule has 1 heterocycles. The maximum absolute atomic E-state index is 13.4. The molecular weight excluding hydrogens is 308 g/mol. The molecule has 1 aliphatic heterocycles. The number of ether oxygens (including phenoxy) is 1. The summed E-state index contributed by atoms with van der Waals surface area (Å²) < 4.78 is 32.0. The van der Waals surface area contributed by atoms with Crippen molar-refractivity contribution in [3.05, 3.63) is 0 Å². The number of rotatable bonds is 1. The second-order valence-electron chi connectivity index (χ2n) is 6.28. The van der Waals surface area contributed by atoms with Crippen molar-refractivity contribution in [1.29, 1.82) is 0 Å². The van der Waals surface area contributed by atoms with Crippen molar-refractivity contribution in [2.45, 2.75) is 51.2 Å². The topological polar surface area (TPSA) is 29.5 Å². The van der Waals surface area contributed by atoms with Gasteiger partial charge < -0.3 is 9.64 Å². The molecule has 0 bridgehead atoms. The second-order valence-corrected chi connectivity index (χ2v) is 6.93. The molecular formula is C12H18BrF2NO2.